The number of carboxylic acid groups (broad SMARTS) is 1. The van der Waals surface area contributed by atoms with Crippen LogP contribution in [0, 0.1) is 11.8 Å². The van der Waals surface area contributed by atoms with Crippen molar-refractivity contribution in [2.24, 2.45) is 11.8 Å². The van der Waals surface area contributed by atoms with Gasteiger partial charge in [0.15, 0.2) is 0 Å². The highest BCUT2D eigenvalue weighted by molar-refractivity contribution is 5.80. The molecule has 2 fully saturated rings. The third-order valence-electron chi connectivity index (χ3n) is 4.83. The zero-order valence-electron chi connectivity index (χ0n) is 11.8. The lowest BCUT2D eigenvalue weighted by Crippen LogP contribution is -2.49. The predicted molar refractivity (Wildman–Crippen MR) is 72.7 cm³/mol. The molecule has 0 aliphatic heterocycles. The second-order valence-electron chi connectivity index (χ2n) is 6.50. The number of carbonyl (C=O) groups is 2. The molecule has 0 heterocycles. The Kier molecular flexibility index (Phi) is 4.48. The van der Waals surface area contributed by atoms with Gasteiger partial charge in [0.1, 0.15) is 0 Å². The minimum absolute atomic E-state index is 0.0225. The van der Waals surface area contributed by atoms with Crippen molar-refractivity contribution in [1.29, 1.82) is 0 Å². The summed E-state index contributed by atoms with van der Waals surface area (Å²) >= 11 is 0. The summed E-state index contributed by atoms with van der Waals surface area (Å²) in [6.07, 6.45) is 8.54. The number of carbonyl (C=O) groups excluding carboxylic acids is 1. The first-order chi connectivity index (χ1) is 9.00. The fraction of sp³-hybridized carbons (Fsp3) is 0.867. The number of carboxylic acids is 1. The molecule has 0 atom stereocenters. The van der Waals surface area contributed by atoms with Gasteiger partial charge < -0.3 is 10.4 Å². The van der Waals surface area contributed by atoms with Crippen molar-refractivity contribution >= 4 is 11.9 Å². The van der Waals surface area contributed by atoms with E-state index in [1.807, 2.05) is 0 Å². The maximum atomic E-state index is 12.3. The average Bonchev–Trinajstić information content (AvgIpc) is 2.39. The second-order valence-corrected chi connectivity index (χ2v) is 6.50. The van der Waals surface area contributed by atoms with E-state index in [4.69, 9.17) is 5.11 Å². The first-order valence-electron chi connectivity index (χ1n) is 7.55. The molecule has 0 unspecified atom stereocenters. The molecule has 1 amide bonds. The molecule has 2 N–H and O–H groups in total. The van der Waals surface area contributed by atoms with Gasteiger partial charge in [0.2, 0.25) is 5.91 Å². The molecule has 0 radical (unpaired) electrons. The van der Waals surface area contributed by atoms with Crippen LogP contribution in [0.2, 0.25) is 0 Å². The molecule has 0 spiro atoms. The summed E-state index contributed by atoms with van der Waals surface area (Å²) in [4.78, 5) is 23.2. The lowest BCUT2D eigenvalue weighted by molar-refractivity contribution is -0.144. The van der Waals surface area contributed by atoms with E-state index < -0.39 is 5.97 Å². The van der Waals surface area contributed by atoms with Crippen LogP contribution in [0.5, 0.6) is 0 Å². The van der Waals surface area contributed by atoms with Crippen molar-refractivity contribution in [2.45, 2.75) is 70.3 Å². The first-order valence-corrected chi connectivity index (χ1v) is 7.55. The number of nitrogens with one attached hydrogen (secondary N) is 1. The molecular weight excluding hydrogens is 242 g/mol. The predicted octanol–water partition coefficient (Wildman–Crippen LogP) is 2.72. The van der Waals surface area contributed by atoms with E-state index in [-0.39, 0.29) is 23.3 Å². The van der Waals surface area contributed by atoms with E-state index in [2.05, 4.69) is 12.2 Å². The fourth-order valence-electron chi connectivity index (χ4n) is 3.46. The molecule has 0 aromatic carbocycles. The molecule has 108 valence electrons. The first kappa shape index (κ1) is 14.4. The Morgan fingerprint density at radius 3 is 2.05 bits per heavy atom. The Labute approximate surface area is 115 Å². The molecule has 2 rings (SSSR count). The molecule has 4 heteroatoms. The summed E-state index contributed by atoms with van der Waals surface area (Å²) in [5, 5.41) is 12.2. The van der Waals surface area contributed by atoms with E-state index in [0.717, 1.165) is 25.7 Å². The van der Waals surface area contributed by atoms with Crippen molar-refractivity contribution in [3.8, 4) is 0 Å². The number of rotatable bonds is 3. The van der Waals surface area contributed by atoms with Gasteiger partial charge in [-0.3, -0.25) is 9.59 Å². The lowest BCUT2D eigenvalue weighted by Gasteiger charge is -2.36. The minimum Gasteiger partial charge on any atom is -0.481 e. The largest absolute Gasteiger partial charge is 0.481 e. The SMILES string of the molecule is CC1(NC(=O)C2CCC(C(=O)O)CC2)CCCCC1. The van der Waals surface area contributed by atoms with Gasteiger partial charge in [0.05, 0.1) is 5.92 Å². The normalized spacial score (nSPS) is 30.6. The minimum atomic E-state index is -0.710. The number of aliphatic carboxylic acids is 1. The summed E-state index contributed by atoms with van der Waals surface area (Å²) in [7, 11) is 0. The van der Waals surface area contributed by atoms with Crippen molar-refractivity contribution < 1.29 is 14.7 Å². The van der Waals surface area contributed by atoms with Crippen molar-refractivity contribution in [3.05, 3.63) is 0 Å². The average molecular weight is 267 g/mol. The van der Waals surface area contributed by atoms with E-state index >= 15 is 0 Å². The van der Waals surface area contributed by atoms with Gasteiger partial charge in [-0.25, -0.2) is 0 Å². The highest BCUT2D eigenvalue weighted by atomic mass is 16.4. The van der Waals surface area contributed by atoms with Crippen LogP contribution in [0.4, 0.5) is 0 Å². The molecule has 4 nitrogen and oxygen atoms in total. The number of amides is 1. The Bertz CT molecular complexity index is 339. The summed E-state index contributed by atoms with van der Waals surface area (Å²) in [6.45, 7) is 2.15. The van der Waals surface area contributed by atoms with E-state index in [9.17, 15) is 9.59 Å². The smallest absolute Gasteiger partial charge is 0.306 e. The standard InChI is InChI=1S/C15H25NO3/c1-15(9-3-2-4-10-15)16-13(17)11-5-7-12(8-6-11)14(18)19/h11-12H,2-10H2,1H3,(H,16,17)(H,18,19). The van der Waals surface area contributed by atoms with Gasteiger partial charge >= 0.3 is 5.97 Å². The van der Waals surface area contributed by atoms with Gasteiger partial charge in [-0.1, -0.05) is 19.3 Å². The van der Waals surface area contributed by atoms with Gasteiger partial charge in [-0.2, -0.15) is 0 Å². The van der Waals surface area contributed by atoms with Gasteiger partial charge in [0.25, 0.3) is 0 Å². The van der Waals surface area contributed by atoms with Crippen LogP contribution in [0.3, 0.4) is 0 Å². The second kappa shape index (κ2) is 5.93. The number of hydrogen-bond acceptors (Lipinski definition) is 2. The molecule has 2 saturated carbocycles. The van der Waals surface area contributed by atoms with Crippen LogP contribution >= 0.6 is 0 Å². The highest BCUT2D eigenvalue weighted by Crippen LogP contribution is 2.32. The van der Waals surface area contributed by atoms with Crippen LogP contribution < -0.4 is 5.32 Å². The van der Waals surface area contributed by atoms with Gasteiger partial charge in [-0.15, -0.1) is 0 Å². The van der Waals surface area contributed by atoms with Crippen LogP contribution in [0.1, 0.15) is 64.7 Å². The zero-order valence-corrected chi connectivity index (χ0v) is 11.8. The zero-order chi connectivity index (χ0) is 13.9. The summed E-state index contributed by atoms with van der Waals surface area (Å²) in [6, 6.07) is 0. The van der Waals surface area contributed by atoms with E-state index in [0.29, 0.717) is 12.8 Å². The molecule has 0 aromatic heterocycles. The summed E-state index contributed by atoms with van der Waals surface area (Å²) < 4.78 is 0. The quantitative estimate of drug-likeness (QED) is 0.826. The maximum absolute atomic E-state index is 12.3. The molecule has 2 aliphatic carbocycles. The fourth-order valence-corrected chi connectivity index (χ4v) is 3.46. The Balaban J connectivity index is 1.82. The van der Waals surface area contributed by atoms with Crippen LogP contribution in [0.15, 0.2) is 0 Å². The molecule has 0 bridgehead atoms. The highest BCUT2D eigenvalue weighted by Gasteiger charge is 2.34. The van der Waals surface area contributed by atoms with E-state index in [1.165, 1.54) is 19.3 Å². The third kappa shape index (κ3) is 3.71. The van der Waals surface area contributed by atoms with Crippen LogP contribution in [-0.4, -0.2) is 22.5 Å². The van der Waals surface area contributed by atoms with Crippen molar-refractivity contribution in [2.75, 3.05) is 0 Å². The number of hydrogen-bond donors (Lipinski definition) is 2. The Morgan fingerprint density at radius 2 is 1.53 bits per heavy atom. The Hall–Kier alpha value is -1.06. The third-order valence-corrected chi connectivity index (χ3v) is 4.83. The molecule has 0 aromatic rings. The molecule has 0 saturated heterocycles. The molecule has 2 aliphatic rings. The van der Waals surface area contributed by atoms with Crippen molar-refractivity contribution in [3.63, 3.8) is 0 Å². The van der Waals surface area contributed by atoms with E-state index in [1.54, 1.807) is 0 Å². The summed E-state index contributed by atoms with van der Waals surface area (Å²) in [5.74, 6) is -0.782. The van der Waals surface area contributed by atoms with Crippen LogP contribution in [0.25, 0.3) is 0 Å². The van der Waals surface area contributed by atoms with Gasteiger partial charge in [-0.05, 0) is 45.4 Å². The van der Waals surface area contributed by atoms with Crippen LogP contribution in [-0.2, 0) is 9.59 Å². The lowest BCUT2D eigenvalue weighted by atomic mass is 9.79. The molecular formula is C15H25NO3. The monoisotopic (exact) mass is 267 g/mol. The molecule has 19 heavy (non-hydrogen) atoms. The van der Waals surface area contributed by atoms with Crippen molar-refractivity contribution in [1.82, 2.24) is 5.32 Å². The Morgan fingerprint density at radius 1 is 1.00 bits per heavy atom. The topological polar surface area (TPSA) is 66.4 Å². The van der Waals surface area contributed by atoms with Gasteiger partial charge in [0, 0.05) is 11.5 Å². The maximum Gasteiger partial charge on any atom is 0.306 e. The summed E-state index contributed by atoms with van der Waals surface area (Å²) in [5.41, 5.74) is -0.0288.